The molecule has 3 rings (SSSR count). The Labute approximate surface area is 181 Å². The summed E-state index contributed by atoms with van der Waals surface area (Å²) in [6.07, 6.45) is 0.489. The molecule has 8 heteroatoms. The van der Waals surface area contributed by atoms with Crippen LogP contribution in [0.3, 0.4) is 0 Å². The first kappa shape index (κ1) is 22.0. The average Bonchev–Trinajstić information content (AvgIpc) is 3.22. The quantitative estimate of drug-likeness (QED) is 0.666. The highest BCUT2D eigenvalue weighted by Gasteiger charge is 2.37. The molecule has 0 aromatic heterocycles. The number of carbonyl (C=O) groups is 3. The molecule has 0 spiro atoms. The van der Waals surface area contributed by atoms with Gasteiger partial charge in [-0.2, -0.15) is 5.10 Å². The topological polar surface area (TPSA) is 100 Å². The van der Waals surface area contributed by atoms with Crippen molar-refractivity contribution in [2.45, 2.75) is 39.7 Å². The van der Waals surface area contributed by atoms with Gasteiger partial charge in [0.2, 0.25) is 11.8 Å². The summed E-state index contributed by atoms with van der Waals surface area (Å²) in [5.74, 6) is -0.951. The summed E-state index contributed by atoms with van der Waals surface area (Å²) in [4.78, 5) is 37.1. The zero-order valence-corrected chi connectivity index (χ0v) is 17.8. The van der Waals surface area contributed by atoms with Crippen molar-refractivity contribution in [3.63, 3.8) is 0 Å². The summed E-state index contributed by atoms with van der Waals surface area (Å²) in [6.45, 7) is 5.59. The van der Waals surface area contributed by atoms with E-state index in [0.717, 1.165) is 5.56 Å². The fourth-order valence-electron chi connectivity index (χ4n) is 3.17. The Morgan fingerprint density at radius 1 is 1.10 bits per heavy atom. The molecule has 8 nitrogen and oxygen atoms in total. The van der Waals surface area contributed by atoms with E-state index in [1.807, 2.05) is 43.3 Å². The van der Waals surface area contributed by atoms with E-state index in [1.165, 1.54) is 0 Å². The third-order valence-electron chi connectivity index (χ3n) is 4.85. The maximum absolute atomic E-state index is 13.2. The number of carbonyl (C=O) groups excluding carboxylic acids is 3. The molecule has 2 aromatic rings. The third-order valence-corrected chi connectivity index (χ3v) is 4.85. The normalized spacial score (nSPS) is 15.3. The van der Waals surface area contributed by atoms with Crippen LogP contribution in [0.4, 0.5) is 17.1 Å². The number of ether oxygens (including phenoxy) is 1. The number of anilines is 3. The van der Waals surface area contributed by atoms with E-state index in [9.17, 15) is 14.4 Å². The van der Waals surface area contributed by atoms with Gasteiger partial charge in [0, 0.05) is 24.2 Å². The van der Waals surface area contributed by atoms with Crippen LogP contribution in [0.1, 0.15) is 32.3 Å². The molecule has 0 bridgehead atoms. The van der Waals surface area contributed by atoms with Crippen molar-refractivity contribution < 1.29 is 19.1 Å². The molecule has 162 valence electrons. The van der Waals surface area contributed by atoms with Gasteiger partial charge in [0.25, 0.3) is 0 Å². The van der Waals surface area contributed by atoms with Crippen LogP contribution in [0.25, 0.3) is 0 Å². The second-order valence-corrected chi connectivity index (χ2v) is 7.09. The largest absolute Gasteiger partial charge is 0.461 e. The Kier molecular flexibility index (Phi) is 7.02. The fraction of sp³-hybridized carbons (Fsp3) is 0.304. The van der Waals surface area contributed by atoms with E-state index in [0.29, 0.717) is 23.5 Å². The lowest BCUT2D eigenvalue weighted by atomic mass is 10.1. The Morgan fingerprint density at radius 2 is 1.84 bits per heavy atom. The van der Waals surface area contributed by atoms with E-state index in [4.69, 9.17) is 4.74 Å². The van der Waals surface area contributed by atoms with Crippen LogP contribution in [-0.4, -0.2) is 36.1 Å². The van der Waals surface area contributed by atoms with Gasteiger partial charge >= 0.3 is 5.97 Å². The predicted octanol–water partition coefficient (Wildman–Crippen LogP) is 3.48. The first-order valence-corrected chi connectivity index (χ1v) is 10.2. The number of nitrogens with zero attached hydrogens (tertiary/aromatic N) is 2. The molecule has 0 saturated carbocycles. The van der Waals surface area contributed by atoms with E-state index in [-0.39, 0.29) is 30.6 Å². The van der Waals surface area contributed by atoms with E-state index in [1.54, 1.807) is 31.0 Å². The van der Waals surface area contributed by atoms with Crippen molar-refractivity contribution in [3.05, 3.63) is 54.1 Å². The minimum absolute atomic E-state index is 0.111. The summed E-state index contributed by atoms with van der Waals surface area (Å²) >= 11 is 0. The van der Waals surface area contributed by atoms with Gasteiger partial charge in [0.15, 0.2) is 0 Å². The van der Waals surface area contributed by atoms with Crippen LogP contribution >= 0.6 is 0 Å². The minimum atomic E-state index is -0.713. The van der Waals surface area contributed by atoms with Crippen LogP contribution in [-0.2, 0) is 19.1 Å². The van der Waals surface area contributed by atoms with Crippen LogP contribution < -0.4 is 15.6 Å². The van der Waals surface area contributed by atoms with Crippen molar-refractivity contribution in [3.8, 4) is 0 Å². The molecule has 1 unspecified atom stereocenters. The van der Waals surface area contributed by atoms with Gasteiger partial charge in [0.05, 0.1) is 12.3 Å². The molecule has 0 aliphatic carbocycles. The highest BCUT2D eigenvalue weighted by atomic mass is 16.5. The number of para-hydroxylation sites is 1. The van der Waals surface area contributed by atoms with Gasteiger partial charge in [-0.05, 0) is 43.7 Å². The van der Waals surface area contributed by atoms with E-state index < -0.39 is 12.0 Å². The molecule has 1 atom stereocenters. The zero-order chi connectivity index (χ0) is 22.4. The maximum Gasteiger partial charge on any atom is 0.354 e. The summed E-state index contributed by atoms with van der Waals surface area (Å²) in [6, 6.07) is 13.8. The highest BCUT2D eigenvalue weighted by Crippen LogP contribution is 2.27. The minimum Gasteiger partial charge on any atom is -0.461 e. The highest BCUT2D eigenvalue weighted by molar-refractivity contribution is 6.38. The summed E-state index contributed by atoms with van der Waals surface area (Å²) < 4.78 is 5.07. The number of hydrogen-bond acceptors (Lipinski definition) is 6. The summed E-state index contributed by atoms with van der Waals surface area (Å²) in [5, 5.41) is 11.6. The van der Waals surface area contributed by atoms with Crippen LogP contribution in [0.5, 0.6) is 0 Å². The van der Waals surface area contributed by atoms with Crippen LogP contribution in [0, 0.1) is 6.92 Å². The number of aryl methyl sites for hydroxylation is 1. The van der Waals surface area contributed by atoms with Crippen LogP contribution in [0.2, 0.25) is 0 Å². The van der Waals surface area contributed by atoms with E-state index >= 15 is 0 Å². The van der Waals surface area contributed by atoms with Crippen molar-refractivity contribution in [2.24, 2.45) is 5.10 Å². The first-order chi connectivity index (χ1) is 14.9. The molecule has 2 aromatic carbocycles. The van der Waals surface area contributed by atoms with Gasteiger partial charge < -0.3 is 15.4 Å². The SMILES string of the molecule is CCOC(=O)C1=NN(c2ccccc2)C(C(=O)Nc2cc(NC(=O)CC)ccc2C)C1. The number of rotatable bonds is 7. The lowest BCUT2D eigenvalue weighted by molar-refractivity contribution is -0.135. The molecule has 0 radical (unpaired) electrons. The number of benzene rings is 2. The van der Waals surface area contributed by atoms with Crippen molar-refractivity contribution in [2.75, 3.05) is 22.2 Å². The standard InChI is InChI=1S/C23H26N4O4/c1-4-21(28)24-16-12-11-15(3)18(13-16)25-22(29)20-14-19(23(30)31-5-2)26-27(20)17-9-7-6-8-10-17/h6-13,20H,4-5,14H2,1-3H3,(H,24,28)(H,25,29). The lowest BCUT2D eigenvalue weighted by Crippen LogP contribution is -2.39. The third kappa shape index (κ3) is 5.28. The molecular weight excluding hydrogens is 396 g/mol. The summed E-state index contributed by atoms with van der Waals surface area (Å²) in [7, 11) is 0. The molecule has 0 saturated heterocycles. The van der Waals surface area contributed by atoms with Crippen molar-refractivity contribution in [1.82, 2.24) is 0 Å². The average molecular weight is 422 g/mol. The van der Waals surface area contributed by atoms with Crippen molar-refractivity contribution in [1.29, 1.82) is 0 Å². The summed E-state index contributed by atoms with van der Waals surface area (Å²) in [5.41, 5.74) is 2.92. The first-order valence-electron chi connectivity index (χ1n) is 10.2. The Bertz CT molecular complexity index is 1000. The van der Waals surface area contributed by atoms with Crippen molar-refractivity contribution >= 4 is 40.6 Å². The van der Waals surface area contributed by atoms with E-state index in [2.05, 4.69) is 15.7 Å². The Hall–Kier alpha value is -3.68. The van der Waals surface area contributed by atoms with Gasteiger partial charge in [-0.3, -0.25) is 14.6 Å². The number of nitrogens with one attached hydrogen (secondary N) is 2. The number of hydrazone groups is 1. The Morgan fingerprint density at radius 3 is 2.52 bits per heavy atom. The maximum atomic E-state index is 13.2. The molecule has 31 heavy (non-hydrogen) atoms. The number of esters is 1. The van der Waals surface area contributed by atoms with Gasteiger partial charge in [-0.25, -0.2) is 4.79 Å². The van der Waals surface area contributed by atoms with Gasteiger partial charge in [0.1, 0.15) is 11.8 Å². The van der Waals surface area contributed by atoms with Crippen LogP contribution in [0.15, 0.2) is 53.6 Å². The monoisotopic (exact) mass is 422 g/mol. The molecule has 2 N–H and O–H groups in total. The molecule has 1 heterocycles. The number of hydrogen-bond donors (Lipinski definition) is 2. The molecule has 0 fully saturated rings. The molecule has 2 amide bonds. The van der Waals surface area contributed by atoms with Gasteiger partial charge in [-0.15, -0.1) is 0 Å². The fourth-order valence-corrected chi connectivity index (χ4v) is 3.17. The molecule has 1 aliphatic heterocycles. The second kappa shape index (κ2) is 9.88. The lowest BCUT2D eigenvalue weighted by Gasteiger charge is -2.23. The molecule has 1 aliphatic rings. The Balaban J connectivity index is 1.83. The number of amides is 2. The predicted molar refractivity (Wildman–Crippen MR) is 120 cm³/mol. The molecular formula is C23H26N4O4. The second-order valence-electron chi connectivity index (χ2n) is 7.09. The van der Waals surface area contributed by atoms with Gasteiger partial charge in [-0.1, -0.05) is 31.2 Å². The smallest absolute Gasteiger partial charge is 0.354 e. The zero-order valence-electron chi connectivity index (χ0n) is 17.8.